The van der Waals surface area contributed by atoms with Crippen molar-refractivity contribution in [3.63, 3.8) is 0 Å². The molecule has 1 atom stereocenters. The summed E-state index contributed by atoms with van der Waals surface area (Å²) in [6.45, 7) is 2.75. The lowest BCUT2D eigenvalue weighted by Crippen LogP contribution is -2.45. The van der Waals surface area contributed by atoms with Crippen LogP contribution < -0.4 is 0 Å². The Morgan fingerprint density at radius 2 is 1.88 bits per heavy atom. The number of terminal acetylenes is 1. The molecule has 0 aromatic rings. The molecule has 0 aromatic heterocycles. The summed E-state index contributed by atoms with van der Waals surface area (Å²) >= 11 is 0. The van der Waals surface area contributed by atoms with E-state index in [9.17, 15) is 9.59 Å². The van der Waals surface area contributed by atoms with Crippen LogP contribution in [0.1, 0.15) is 26.7 Å². The zero-order valence-electron chi connectivity index (χ0n) is 9.15. The second kappa shape index (κ2) is 4.67. The molecule has 5 nitrogen and oxygen atoms in total. The van der Waals surface area contributed by atoms with Crippen LogP contribution in [0.5, 0.6) is 0 Å². The molecule has 0 heterocycles. The molecule has 0 bridgehead atoms. The Hall–Kier alpha value is -2.01. The first-order chi connectivity index (χ1) is 7.23. The van der Waals surface area contributed by atoms with Gasteiger partial charge in [0, 0.05) is 6.42 Å². The second-order valence-electron chi connectivity index (χ2n) is 4.08. The van der Waals surface area contributed by atoms with Crippen LogP contribution in [-0.4, -0.2) is 22.2 Å². The van der Waals surface area contributed by atoms with E-state index in [1.165, 1.54) is 13.8 Å². The van der Waals surface area contributed by atoms with E-state index in [1.807, 2.05) is 6.07 Å². The topological polar surface area (TPSA) is 98.4 Å². The van der Waals surface area contributed by atoms with Gasteiger partial charge in [-0.2, -0.15) is 5.26 Å². The molecule has 0 aliphatic heterocycles. The zero-order chi connectivity index (χ0) is 13.0. The van der Waals surface area contributed by atoms with Gasteiger partial charge in [0.2, 0.25) is 0 Å². The molecule has 86 valence electrons. The van der Waals surface area contributed by atoms with Crippen LogP contribution in [0.3, 0.4) is 0 Å². The molecule has 5 heteroatoms. The Morgan fingerprint density at radius 1 is 1.38 bits per heavy atom. The van der Waals surface area contributed by atoms with Gasteiger partial charge in [-0.3, -0.25) is 9.59 Å². The van der Waals surface area contributed by atoms with Gasteiger partial charge in [-0.1, -0.05) is 0 Å². The lowest BCUT2D eigenvalue weighted by atomic mass is 9.62. The molecule has 0 fully saturated rings. The Balaban J connectivity index is 5.65. The van der Waals surface area contributed by atoms with E-state index in [0.29, 0.717) is 0 Å². The first kappa shape index (κ1) is 14.0. The normalized spacial score (nSPS) is 14.2. The van der Waals surface area contributed by atoms with Crippen molar-refractivity contribution in [2.24, 2.45) is 10.8 Å². The monoisotopic (exact) mass is 223 g/mol. The predicted molar refractivity (Wildman–Crippen MR) is 55.2 cm³/mol. The minimum absolute atomic E-state index is 0.296. The number of aliphatic carboxylic acids is 2. The highest BCUT2D eigenvalue weighted by Gasteiger charge is 2.53. The molecular formula is C11H13NO4. The molecule has 0 aromatic carbocycles. The smallest absolute Gasteiger partial charge is 0.312 e. The Labute approximate surface area is 93.7 Å². The number of carboxylic acids is 2. The summed E-state index contributed by atoms with van der Waals surface area (Å²) in [5.74, 6) is -0.512. The molecule has 0 amide bonds. The maximum Gasteiger partial charge on any atom is 0.312 e. The number of nitriles is 1. The highest BCUT2D eigenvalue weighted by Crippen LogP contribution is 2.44. The highest BCUT2D eigenvalue weighted by molar-refractivity contribution is 5.83. The Morgan fingerprint density at radius 3 is 2.12 bits per heavy atom. The number of carbonyl (C=O) groups is 2. The number of nitrogens with zero attached hydrogens (tertiary/aromatic N) is 1. The van der Waals surface area contributed by atoms with E-state index >= 15 is 0 Å². The van der Waals surface area contributed by atoms with Gasteiger partial charge < -0.3 is 10.2 Å². The maximum absolute atomic E-state index is 11.2. The van der Waals surface area contributed by atoms with Crippen molar-refractivity contribution in [1.82, 2.24) is 0 Å². The van der Waals surface area contributed by atoms with Gasteiger partial charge in [-0.15, -0.1) is 12.3 Å². The predicted octanol–water partition coefficient (Wildman–Crippen LogP) is 1.11. The Bertz CT molecular complexity index is 386. The van der Waals surface area contributed by atoms with Crippen LogP contribution in [0.2, 0.25) is 0 Å². The minimum Gasteiger partial charge on any atom is -0.481 e. The third-order valence-corrected chi connectivity index (χ3v) is 2.74. The number of carboxylic acid groups (broad SMARTS) is 2. The molecule has 0 saturated carbocycles. The van der Waals surface area contributed by atoms with Crippen molar-refractivity contribution >= 4 is 11.9 Å². The zero-order valence-corrected chi connectivity index (χ0v) is 9.15. The summed E-state index contributed by atoms with van der Waals surface area (Å²) < 4.78 is 0. The molecule has 2 N–H and O–H groups in total. The average Bonchev–Trinajstić information content (AvgIpc) is 2.15. The number of rotatable bonds is 5. The first-order valence-corrected chi connectivity index (χ1v) is 4.53. The van der Waals surface area contributed by atoms with Crippen LogP contribution in [-0.2, 0) is 9.59 Å². The van der Waals surface area contributed by atoms with Crippen molar-refractivity contribution in [2.45, 2.75) is 26.7 Å². The summed E-state index contributed by atoms with van der Waals surface area (Å²) in [6.07, 6.45) is 4.09. The molecule has 0 aliphatic rings. The number of hydrogen-bond acceptors (Lipinski definition) is 3. The lowest BCUT2D eigenvalue weighted by molar-refractivity contribution is -0.161. The van der Waals surface area contributed by atoms with Crippen molar-refractivity contribution in [1.29, 1.82) is 5.26 Å². The standard InChI is InChI=1S/C11H13NO4/c1-4-5-11(9(15)16,6-8(13)14)10(2,3)7-12/h1H,5-6H2,2-3H3,(H,13,14)(H,15,16). The van der Waals surface area contributed by atoms with Crippen LogP contribution in [0.4, 0.5) is 0 Å². The van der Waals surface area contributed by atoms with Gasteiger partial charge >= 0.3 is 11.9 Å². The molecule has 16 heavy (non-hydrogen) atoms. The summed E-state index contributed by atoms with van der Waals surface area (Å²) in [7, 11) is 0. The van der Waals surface area contributed by atoms with Crippen LogP contribution in [0, 0.1) is 34.5 Å². The lowest BCUT2D eigenvalue weighted by Gasteiger charge is -2.36. The van der Waals surface area contributed by atoms with E-state index < -0.39 is 29.2 Å². The minimum atomic E-state index is -1.76. The Kier molecular flexibility index (Phi) is 4.09. The molecule has 0 radical (unpaired) electrons. The molecule has 0 aliphatic carbocycles. The largest absolute Gasteiger partial charge is 0.481 e. The van der Waals surface area contributed by atoms with Crippen LogP contribution in [0.15, 0.2) is 0 Å². The van der Waals surface area contributed by atoms with Crippen LogP contribution in [0.25, 0.3) is 0 Å². The van der Waals surface area contributed by atoms with Crippen molar-refractivity contribution < 1.29 is 19.8 Å². The van der Waals surface area contributed by atoms with E-state index in [2.05, 4.69) is 5.92 Å². The fourth-order valence-electron chi connectivity index (χ4n) is 1.46. The van der Waals surface area contributed by atoms with Crippen molar-refractivity contribution in [3.8, 4) is 18.4 Å². The second-order valence-corrected chi connectivity index (χ2v) is 4.08. The first-order valence-electron chi connectivity index (χ1n) is 4.53. The fraction of sp³-hybridized carbons (Fsp3) is 0.545. The van der Waals surface area contributed by atoms with Gasteiger partial charge in [0.15, 0.2) is 0 Å². The van der Waals surface area contributed by atoms with E-state index in [-0.39, 0.29) is 6.42 Å². The van der Waals surface area contributed by atoms with E-state index in [4.69, 9.17) is 21.9 Å². The molecule has 0 saturated heterocycles. The SMILES string of the molecule is C#CCC(CC(=O)O)(C(=O)O)C(C)(C)C#N. The maximum atomic E-state index is 11.2. The molecule has 0 spiro atoms. The van der Waals surface area contributed by atoms with E-state index in [0.717, 1.165) is 0 Å². The van der Waals surface area contributed by atoms with Crippen molar-refractivity contribution in [3.05, 3.63) is 0 Å². The van der Waals surface area contributed by atoms with Gasteiger partial charge in [-0.25, -0.2) is 0 Å². The quantitative estimate of drug-likeness (QED) is 0.680. The molecule has 1 unspecified atom stereocenters. The fourth-order valence-corrected chi connectivity index (χ4v) is 1.46. The van der Waals surface area contributed by atoms with Gasteiger partial charge in [0.05, 0.1) is 17.9 Å². The van der Waals surface area contributed by atoms with Gasteiger partial charge in [0.1, 0.15) is 5.41 Å². The third-order valence-electron chi connectivity index (χ3n) is 2.74. The average molecular weight is 223 g/mol. The van der Waals surface area contributed by atoms with Crippen molar-refractivity contribution in [2.75, 3.05) is 0 Å². The summed E-state index contributed by atoms with van der Waals surface area (Å²) in [5.41, 5.74) is -3.12. The van der Waals surface area contributed by atoms with E-state index in [1.54, 1.807) is 0 Å². The molecule has 0 rings (SSSR count). The van der Waals surface area contributed by atoms with Gasteiger partial charge in [-0.05, 0) is 13.8 Å². The summed E-state index contributed by atoms with van der Waals surface area (Å²) in [6, 6.07) is 1.81. The molecular weight excluding hydrogens is 210 g/mol. The highest BCUT2D eigenvalue weighted by atomic mass is 16.4. The summed E-state index contributed by atoms with van der Waals surface area (Å²) in [5, 5.41) is 26.8. The van der Waals surface area contributed by atoms with Crippen LogP contribution >= 0.6 is 0 Å². The third kappa shape index (κ3) is 2.32. The summed E-state index contributed by atoms with van der Waals surface area (Å²) in [4.78, 5) is 22.0. The van der Waals surface area contributed by atoms with Gasteiger partial charge in [0.25, 0.3) is 0 Å². The number of hydrogen-bond donors (Lipinski definition) is 2.